The quantitative estimate of drug-likeness (QED) is 0.391. The molecule has 1 amide bonds. The number of carbonyl (C=O) groups is 2. The zero-order valence-electron chi connectivity index (χ0n) is 20.2. The molecular weight excluding hydrogens is 506 g/mol. The molecule has 2 aliphatic rings. The van der Waals surface area contributed by atoms with Crippen LogP contribution in [-0.2, 0) is 19.1 Å². The summed E-state index contributed by atoms with van der Waals surface area (Å²) in [6.45, 7) is 2.87. The Kier molecular flexibility index (Phi) is 8.40. The van der Waals surface area contributed by atoms with Crippen LogP contribution in [0.15, 0.2) is 46.3 Å². The molecule has 2 aromatic rings. The Bertz CT molecular complexity index is 1200. The summed E-state index contributed by atoms with van der Waals surface area (Å²) < 4.78 is 20.8. The number of morpholine rings is 1. The summed E-state index contributed by atoms with van der Waals surface area (Å²) in [5, 5.41) is 0.810. The summed E-state index contributed by atoms with van der Waals surface area (Å²) >= 11 is 7.65. The van der Waals surface area contributed by atoms with Crippen LogP contribution in [0.2, 0.25) is 5.02 Å². The Morgan fingerprint density at radius 1 is 1.19 bits per heavy atom. The highest BCUT2D eigenvalue weighted by Gasteiger charge is 2.30. The van der Waals surface area contributed by atoms with Crippen LogP contribution in [0.4, 0.5) is 11.4 Å². The molecule has 0 N–H and O–H groups in total. The van der Waals surface area contributed by atoms with Crippen LogP contribution in [0, 0.1) is 0 Å². The number of carbonyl (C=O) groups excluding carboxylic acids is 2. The van der Waals surface area contributed by atoms with Gasteiger partial charge in [-0.05, 0) is 59.8 Å². The standard InChI is InChI=1S/C25H26ClN3O6S/c1-28-24(31)21(14-16-12-19(26)23(20(13-16)32-2)35-15-22(30)33-3)36-25(28)27-17-4-6-18(7-5-17)29-8-10-34-11-9-29/h4-7,12-14H,8-11,15H2,1-3H3/b21-14-,27-25?. The van der Waals surface area contributed by atoms with Gasteiger partial charge in [-0.3, -0.25) is 9.69 Å². The number of halogens is 1. The average molecular weight is 532 g/mol. The van der Waals surface area contributed by atoms with Crippen LogP contribution in [0.5, 0.6) is 11.5 Å². The minimum atomic E-state index is -0.544. The molecule has 0 spiro atoms. The van der Waals surface area contributed by atoms with Gasteiger partial charge in [-0.2, -0.15) is 0 Å². The lowest BCUT2D eigenvalue weighted by molar-refractivity contribution is -0.142. The van der Waals surface area contributed by atoms with E-state index in [0.717, 1.165) is 37.7 Å². The van der Waals surface area contributed by atoms with Gasteiger partial charge in [-0.1, -0.05) is 11.6 Å². The maximum atomic E-state index is 12.9. The topological polar surface area (TPSA) is 89.9 Å². The molecule has 4 rings (SSSR count). The van der Waals surface area contributed by atoms with E-state index < -0.39 is 5.97 Å². The lowest BCUT2D eigenvalue weighted by Crippen LogP contribution is -2.36. The van der Waals surface area contributed by atoms with Crippen molar-refractivity contribution in [3.05, 3.63) is 51.9 Å². The van der Waals surface area contributed by atoms with Crippen LogP contribution in [-0.4, -0.2) is 76.1 Å². The first-order valence-corrected chi connectivity index (χ1v) is 12.3. The number of benzene rings is 2. The summed E-state index contributed by atoms with van der Waals surface area (Å²) in [5.74, 6) is -0.170. The molecule has 0 aliphatic carbocycles. The second kappa shape index (κ2) is 11.7. The van der Waals surface area contributed by atoms with Gasteiger partial charge >= 0.3 is 5.97 Å². The van der Waals surface area contributed by atoms with Crippen molar-refractivity contribution in [3.8, 4) is 11.5 Å². The van der Waals surface area contributed by atoms with E-state index in [9.17, 15) is 9.59 Å². The van der Waals surface area contributed by atoms with Gasteiger partial charge in [0.15, 0.2) is 23.3 Å². The van der Waals surface area contributed by atoms with Gasteiger partial charge < -0.3 is 23.8 Å². The number of methoxy groups -OCH3 is 2. The third kappa shape index (κ3) is 5.95. The Morgan fingerprint density at radius 2 is 1.92 bits per heavy atom. The molecule has 0 saturated carbocycles. The van der Waals surface area contributed by atoms with E-state index in [1.54, 1.807) is 25.3 Å². The van der Waals surface area contributed by atoms with Gasteiger partial charge in [-0.25, -0.2) is 9.79 Å². The molecule has 0 bridgehead atoms. The van der Waals surface area contributed by atoms with Crippen molar-refractivity contribution < 1.29 is 28.5 Å². The van der Waals surface area contributed by atoms with E-state index in [1.165, 1.54) is 30.9 Å². The fourth-order valence-corrected chi connectivity index (χ4v) is 4.89. The molecule has 0 aromatic heterocycles. The van der Waals surface area contributed by atoms with Gasteiger partial charge in [0.05, 0.1) is 43.0 Å². The van der Waals surface area contributed by atoms with Gasteiger partial charge in [0.25, 0.3) is 5.91 Å². The summed E-state index contributed by atoms with van der Waals surface area (Å²) in [4.78, 5) is 33.2. The predicted molar refractivity (Wildman–Crippen MR) is 140 cm³/mol. The minimum absolute atomic E-state index is 0.176. The van der Waals surface area contributed by atoms with E-state index in [0.29, 0.717) is 21.4 Å². The number of amides is 1. The van der Waals surface area contributed by atoms with E-state index in [1.807, 2.05) is 24.3 Å². The smallest absolute Gasteiger partial charge is 0.343 e. The van der Waals surface area contributed by atoms with E-state index >= 15 is 0 Å². The number of nitrogens with zero attached hydrogens (tertiary/aromatic N) is 3. The van der Waals surface area contributed by atoms with E-state index in [2.05, 4.69) is 14.6 Å². The van der Waals surface area contributed by atoms with Crippen molar-refractivity contribution in [2.45, 2.75) is 0 Å². The number of hydrogen-bond acceptors (Lipinski definition) is 9. The molecule has 190 valence electrons. The fraction of sp³-hybridized carbons (Fsp3) is 0.320. The average Bonchev–Trinajstić information content (AvgIpc) is 3.16. The van der Waals surface area contributed by atoms with Crippen LogP contribution in [0.1, 0.15) is 5.56 Å². The van der Waals surface area contributed by atoms with Crippen molar-refractivity contribution in [3.63, 3.8) is 0 Å². The van der Waals surface area contributed by atoms with E-state index in [-0.39, 0.29) is 23.3 Å². The Balaban J connectivity index is 1.52. The van der Waals surface area contributed by atoms with Crippen LogP contribution in [0.3, 0.4) is 0 Å². The normalized spacial score (nSPS) is 18.2. The lowest BCUT2D eigenvalue weighted by Gasteiger charge is -2.28. The number of aliphatic imine (C=N–C) groups is 1. The first kappa shape index (κ1) is 25.9. The third-order valence-corrected chi connectivity index (χ3v) is 6.91. The highest BCUT2D eigenvalue weighted by molar-refractivity contribution is 8.18. The number of esters is 1. The summed E-state index contributed by atoms with van der Waals surface area (Å²) in [6, 6.07) is 11.3. The molecule has 0 atom stereocenters. The highest BCUT2D eigenvalue weighted by atomic mass is 35.5. The van der Waals surface area contributed by atoms with Gasteiger partial charge in [-0.15, -0.1) is 0 Å². The first-order chi connectivity index (χ1) is 17.4. The maximum Gasteiger partial charge on any atom is 0.343 e. The minimum Gasteiger partial charge on any atom is -0.493 e. The number of anilines is 1. The molecule has 11 heteroatoms. The van der Waals surface area contributed by atoms with Crippen LogP contribution >= 0.6 is 23.4 Å². The zero-order chi connectivity index (χ0) is 25.7. The van der Waals surface area contributed by atoms with Gasteiger partial charge in [0.1, 0.15) is 0 Å². The molecule has 2 aromatic carbocycles. The monoisotopic (exact) mass is 531 g/mol. The number of hydrogen-bond donors (Lipinski definition) is 0. The Morgan fingerprint density at radius 3 is 2.58 bits per heavy atom. The zero-order valence-corrected chi connectivity index (χ0v) is 21.7. The van der Waals surface area contributed by atoms with Crippen LogP contribution in [0.25, 0.3) is 6.08 Å². The maximum absolute atomic E-state index is 12.9. The molecule has 0 unspecified atom stereocenters. The van der Waals surface area contributed by atoms with Gasteiger partial charge in [0.2, 0.25) is 0 Å². The van der Waals surface area contributed by atoms with Crippen molar-refractivity contribution in [1.29, 1.82) is 0 Å². The number of thioether (sulfide) groups is 1. The lowest BCUT2D eigenvalue weighted by atomic mass is 10.2. The fourth-order valence-electron chi connectivity index (χ4n) is 3.63. The summed E-state index contributed by atoms with van der Waals surface area (Å²) in [6.07, 6.45) is 1.71. The van der Waals surface area contributed by atoms with Crippen molar-refractivity contribution in [2.24, 2.45) is 4.99 Å². The molecule has 36 heavy (non-hydrogen) atoms. The first-order valence-electron chi connectivity index (χ1n) is 11.2. The van der Waals surface area contributed by atoms with Crippen molar-refractivity contribution in [2.75, 3.05) is 59.1 Å². The molecule has 2 saturated heterocycles. The van der Waals surface area contributed by atoms with E-state index in [4.69, 9.17) is 25.8 Å². The molecule has 2 heterocycles. The van der Waals surface area contributed by atoms with Crippen molar-refractivity contribution in [1.82, 2.24) is 4.90 Å². The number of ether oxygens (including phenoxy) is 4. The third-order valence-electron chi connectivity index (χ3n) is 5.57. The molecule has 2 aliphatic heterocycles. The van der Waals surface area contributed by atoms with Gasteiger partial charge in [0, 0.05) is 25.8 Å². The SMILES string of the molecule is COC(=O)COc1c(Cl)cc(/C=C2\SC(=Nc3ccc(N4CCOCC4)cc3)N(C)C2=O)cc1OC. The second-order valence-electron chi connectivity index (χ2n) is 7.88. The van der Waals surface area contributed by atoms with Crippen LogP contribution < -0.4 is 14.4 Å². The summed E-state index contributed by atoms with van der Waals surface area (Å²) in [5.41, 5.74) is 2.52. The molecule has 0 radical (unpaired) electrons. The molecule has 9 nitrogen and oxygen atoms in total. The highest BCUT2D eigenvalue weighted by Crippen LogP contribution is 2.39. The molecular formula is C25H26ClN3O6S. The Hall–Kier alpha value is -3.21. The number of amidine groups is 1. The summed E-state index contributed by atoms with van der Waals surface area (Å²) in [7, 11) is 4.42. The number of likely N-dealkylation sites (N-methyl/N-ethyl adjacent to an activating group) is 1. The second-order valence-corrected chi connectivity index (χ2v) is 9.30. The van der Waals surface area contributed by atoms with Crippen molar-refractivity contribution >= 4 is 57.9 Å². The predicted octanol–water partition coefficient (Wildman–Crippen LogP) is 3.97. The molecule has 2 fully saturated rings. The largest absolute Gasteiger partial charge is 0.493 e. The Labute approximate surface area is 218 Å². The number of rotatable bonds is 7.